The highest BCUT2D eigenvalue weighted by atomic mass is 16.5. The second-order valence-electron chi connectivity index (χ2n) is 7.34. The number of benzene rings is 1. The Morgan fingerprint density at radius 2 is 1.96 bits per heavy atom. The Bertz CT molecular complexity index is 610. The maximum Gasteiger partial charge on any atom is 0.157 e. The van der Waals surface area contributed by atoms with Crippen molar-refractivity contribution in [2.45, 2.75) is 57.1 Å². The minimum Gasteiger partial charge on any atom is -0.463 e. The normalized spacial score (nSPS) is 27.2. The Kier molecular flexibility index (Phi) is 5.42. The van der Waals surface area contributed by atoms with E-state index in [9.17, 15) is 0 Å². The topological polar surface area (TPSA) is 39.0 Å². The molecule has 2 heterocycles. The quantitative estimate of drug-likeness (QED) is 0.788. The van der Waals surface area contributed by atoms with Crippen molar-refractivity contribution in [1.82, 2.24) is 0 Å². The highest BCUT2D eigenvalue weighted by Gasteiger charge is 2.43. The average molecular weight is 328 g/mol. The fourth-order valence-corrected chi connectivity index (χ4v) is 4.02. The fourth-order valence-electron chi connectivity index (χ4n) is 4.02. The maximum atomic E-state index is 6.13. The predicted molar refractivity (Wildman–Crippen MR) is 95.8 cm³/mol. The first-order valence-corrected chi connectivity index (χ1v) is 9.19. The van der Waals surface area contributed by atoms with Gasteiger partial charge in [0.15, 0.2) is 5.76 Å². The largest absolute Gasteiger partial charge is 0.463 e. The second-order valence-corrected chi connectivity index (χ2v) is 7.34. The first-order chi connectivity index (χ1) is 11.7. The predicted octanol–water partition coefficient (Wildman–Crippen LogP) is 3.65. The highest BCUT2D eigenvalue weighted by molar-refractivity contribution is 5.27. The number of hydrogen-bond acceptors (Lipinski definition) is 2. The van der Waals surface area contributed by atoms with E-state index in [2.05, 4.69) is 49.5 Å². The van der Waals surface area contributed by atoms with Gasteiger partial charge in [-0.2, -0.15) is 0 Å². The van der Waals surface area contributed by atoms with Crippen LogP contribution in [0.3, 0.4) is 0 Å². The van der Waals surface area contributed by atoms with E-state index in [0.717, 1.165) is 44.7 Å². The summed E-state index contributed by atoms with van der Waals surface area (Å²) in [6.07, 6.45) is 6.21. The van der Waals surface area contributed by atoms with Crippen molar-refractivity contribution in [2.75, 3.05) is 13.2 Å². The lowest BCUT2D eigenvalue weighted by Crippen LogP contribution is -2.83. The van der Waals surface area contributed by atoms with Crippen LogP contribution in [0.1, 0.15) is 50.9 Å². The lowest BCUT2D eigenvalue weighted by molar-refractivity contribution is -0.673. The molecule has 0 spiro atoms. The molecule has 0 aliphatic carbocycles. The minimum absolute atomic E-state index is 0.00486. The molecule has 2 atom stereocenters. The maximum absolute atomic E-state index is 6.13. The average Bonchev–Trinajstić information content (AvgIpc) is 3.13. The number of rotatable bonds is 7. The van der Waals surface area contributed by atoms with Crippen molar-refractivity contribution >= 4 is 0 Å². The van der Waals surface area contributed by atoms with Crippen molar-refractivity contribution in [1.29, 1.82) is 0 Å². The van der Waals surface area contributed by atoms with Gasteiger partial charge in [0, 0.05) is 18.4 Å². The van der Waals surface area contributed by atoms with Gasteiger partial charge in [-0.3, -0.25) is 0 Å². The third-order valence-corrected chi connectivity index (χ3v) is 5.63. The van der Waals surface area contributed by atoms with Gasteiger partial charge in [-0.05, 0) is 43.9 Å². The number of furan rings is 1. The third kappa shape index (κ3) is 3.90. The molecule has 2 N–H and O–H groups in total. The molecule has 130 valence electrons. The summed E-state index contributed by atoms with van der Waals surface area (Å²) < 4.78 is 11.6. The summed E-state index contributed by atoms with van der Waals surface area (Å²) in [5.74, 6) is 1.05. The molecule has 3 heteroatoms. The van der Waals surface area contributed by atoms with E-state index in [1.54, 1.807) is 6.26 Å². The summed E-state index contributed by atoms with van der Waals surface area (Å²) in [7, 11) is 0. The van der Waals surface area contributed by atoms with Gasteiger partial charge in [-0.25, -0.2) is 0 Å². The van der Waals surface area contributed by atoms with E-state index in [0.29, 0.717) is 0 Å². The molecular weight excluding hydrogens is 298 g/mol. The van der Waals surface area contributed by atoms with Gasteiger partial charge in [0.2, 0.25) is 0 Å². The third-order valence-electron chi connectivity index (χ3n) is 5.63. The van der Waals surface area contributed by atoms with Crippen LogP contribution in [-0.2, 0) is 16.7 Å². The molecular formula is C21H30NO2+. The van der Waals surface area contributed by atoms with E-state index in [1.165, 1.54) is 12.0 Å². The highest BCUT2D eigenvalue weighted by Crippen LogP contribution is 2.44. The second kappa shape index (κ2) is 7.54. The Morgan fingerprint density at radius 3 is 2.67 bits per heavy atom. The number of nitrogens with two attached hydrogens (primary N) is 1. The zero-order valence-corrected chi connectivity index (χ0v) is 15.0. The van der Waals surface area contributed by atoms with Crippen LogP contribution in [0.25, 0.3) is 0 Å². The number of hydrogen-bond donors (Lipinski definition) is 1. The van der Waals surface area contributed by atoms with Crippen molar-refractivity contribution in [3.05, 3.63) is 60.1 Å². The molecule has 0 unspecified atom stereocenters. The van der Waals surface area contributed by atoms with Crippen LogP contribution in [0.4, 0.5) is 0 Å². The van der Waals surface area contributed by atoms with E-state index < -0.39 is 0 Å². The molecule has 1 aliphatic rings. The molecule has 1 saturated heterocycles. The molecule has 1 aromatic heterocycles. The molecule has 0 amide bonds. The lowest BCUT2D eigenvalue weighted by atomic mass is 9.66. The molecule has 24 heavy (non-hydrogen) atoms. The minimum atomic E-state index is -0.00486. The first-order valence-electron chi connectivity index (χ1n) is 9.19. The zero-order chi connectivity index (χ0) is 16.9. The fraction of sp³-hybridized carbons (Fsp3) is 0.524. The molecule has 1 aliphatic heterocycles. The Balaban J connectivity index is 1.70. The van der Waals surface area contributed by atoms with Gasteiger partial charge in [-0.1, -0.05) is 37.3 Å². The van der Waals surface area contributed by atoms with Crippen LogP contribution >= 0.6 is 0 Å². The summed E-state index contributed by atoms with van der Waals surface area (Å²) in [6.45, 7) is 7.40. The summed E-state index contributed by atoms with van der Waals surface area (Å²) in [4.78, 5) is 0. The van der Waals surface area contributed by atoms with Crippen LogP contribution in [0.2, 0.25) is 0 Å². The molecule has 0 radical (unpaired) electrons. The molecule has 2 aromatic rings. The van der Waals surface area contributed by atoms with Gasteiger partial charge >= 0.3 is 0 Å². The first kappa shape index (κ1) is 17.2. The van der Waals surface area contributed by atoms with Crippen LogP contribution in [0, 0.1) is 0 Å². The molecule has 0 saturated carbocycles. The standard InChI is InChI=1S/C21H29NO2/c1-3-20(2)17-21(12-15-24-20,18-8-5-4-6-9-18)11-13-22-16-19-10-7-14-23-19/h4-10,14,22H,3,11-13,15-17H2,1-2H3/p+1/t20-,21-/m1/s1. The lowest BCUT2D eigenvalue weighted by Gasteiger charge is -2.46. The summed E-state index contributed by atoms with van der Waals surface area (Å²) >= 11 is 0. The summed E-state index contributed by atoms with van der Waals surface area (Å²) in [5.41, 5.74) is 1.69. The van der Waals surface area contributed by atoms with Gasteiger partial charge in [0.25, 0.3) is 0 Å². The van der Waals surface area contributed by atoms with Crippen LogP contribution in [-0.4, -0.2) is 18.8 Å². The van der Waals surface area contributed by atoms with Gasteiger partial charge in [-0.15, -0.1) is 0 Å². The SMILES string of the molecule is CC[C@]1(C)C[C@](CC[NH2+]Cc2ccco2)(c2ccccc2)CCO1. The van der Waals surface area contributed by atoms with Gasteiger partial charge < -0.3 is 14.5 Å². The van der Waals surface area contributed by atoms with Crippen molar-refractivity contribution in [3.63, 3.8) is 0 Å². The van der Waals surface area contributed by atoms with Crippen molar-refractivity contribution in [3.8, 4) is 0 Å². The summed E-state index contributed by atoms with van der Waals surface area (Å²) in [6, 6.07) is 15.1. The van der Waals surface area contributed by atoms with Gasteiger partial charge in [0.05, 0.1) is 18.4 Å². The van der Waals surface area contributed by atoms with E-state index in [4.69, 9.17) is 9.15 Å². The van der Waals surface area contributed by atoms with Crippen LogP contribution < -0.4 is 5.32 Å². The number of quaternary nitrogens is 1. The molecule has 1 aromatic carbocycles. The monoisotopic (exact) mass is 328 g/mol. The van der Waals surface area contributed by atoms with Crippen molar-refractivity contribution < 1.29 is 14.5 Å². The zero-order valence-electron chi connectivity index (χ0n) is 15.0. The molecule has 0 bridgehead atoms. The van der Waals surface area contributed by atoms with Gasteiger partial charge in [0.1, 0.15) is 6.54 Å². The van der Waals surface area contributed by atoms with Crippen LogP contribution in [0.5, 0.6) is 0 Å². The van der Waals surface area contributed by atoms with Crippen molar-refractivity contribution in [2.24, 2.45) is 0 Å². The van der Waals surface area contributed by atoms with E-state index >= 15 is 0 Å². The Morgan fingerprint density at radius 1 is 1.12 bits per heavy atom. The van der Waals surface area contributed by atoms with Crippen LogP contribution in [0.15, 0.2) is 53.1 Å². The number of ether oxygens (including phenoxy) is 1. The summed E-state index contributed by atoms with van der Waals surface area (Å²) in [5, 5.41) is 2.36. The van der Waals surface area contributed by atoms with E-state index in [-0.39, 0.29) is 11.0 Å². The smallest absolute Gasteiger partial charge is 0.157 e. The Hall–Kier alpha value is -1.58. The molecule has 3 rings (SSSR count). The van der Waals surface area contributed by atoms with E-state index in [1.807, 2.05) is 12.1 Å². The molecule has 1 fully saturated rings. The molecule has 3 nitrogen and oxygen atoms in total. The Labute approximate surface area is 145 Å².